The molecule has 0 spiro atoms. The van der Waals surface area contributed by atoms with Crippen molar-refractivity contribution in [2.24, 2.45) is 0 Å². The van der Waals surface area contributed by atoms with Crippen LogP contribution in [0.4, 0.5) is 5.69 Å². The summed E-state index contributed by atoms with van der Waals surface area (Å²) < 4.78 is 7.21. The number of rotatable bonds is 4. The summed E-state index contributed by atoms with van der Waals surface area (Å²) in [5, 5.41) is 4.11. The van der Waals surface area contributed by atoms with E-state index in [-0.39, 0.29) is 23.6 Å². The zero-order valence-electron chi connectivity index (χ0n) is 16.7. The van der Waals surface area contributed by atoms with Crippen LogP contribution in [0.1, 0.15) is 38.1 Å². The highest BCUT2D eigenvalue weighted by molar-refractivity contribution is 5.96. The smallest absolute Gasteiger partial charge is 0.326 e. The third kappa shape index (κ3) is 3.01. The van der Waals surface area contributed by atoms with Gasteiger partial charge in [-0.3, -0.25) is 9.36 Å². The van der Waals surface area contributed by atoms with Crippen LogP contribution in [0.3, 0.4) is 0 Å². The Bertz CT molecular complexity index is 1290. The van der Waals surface area contributed by atoms with E-state index in [0.29, 0.717) is 24.7 Å². The minimum absolute atomic E-state index is 0.0416. The fraction of sp³-hybridized carbons (Fsp3) is 0.273. The maximum Gasteiger partial charge on any atom is 0.326 e. The predicted octanol–water partition coefficient (Wildman–Crippen LogP) is 3.48. The Kier molecular flexibility index (Phi) is 4.27. The second kappa shape index (κ2) is 6.98. The first-order valence-electron chi connectivity index (χ1n) is 9.95. The standard InChI is InChI=1S/C22H21N5O3/c1-13(2)27-18-9-8-14(10-17(18)23-22(27)29)20-24-21(30-25-20)15-11-19(28)26(12-15)16-6-4-3-5-7-16/h3-10,13,15H,11-12H2,1-2H3,(H,23,29)/t15-/m1/s1. The average molecular weight is 403 g/mol. The van der Waals surface area contributed by atoms with E-state index in [9.17, 15) is 9.59 Å². The molecule has 1 aliphatic rings. The molecule has 5 rings (SSSR count). The first kappa shape index (κ1) is 18.4. The molecule has 0 unspecified atom stereocenters. The van der Waals surface area contributed by atoms with E-state index >= 15 is 0 Å². The monoisotopic (exact) mass is 403 g/mol. The van der Waals surface area contributed by atoms with Gasteiger partial charge in [-0.05, 0) is 44.2 Å². The van der Waals surface area contributed by atoms with Crippen LogP contribution in [-0.4, -0.2) is 32.1 Å². The second-order valence-electron chi connectivity index (χ2n) is 7.82. The number of H-pyrrole nitrogens is 1. The molecule has 8 nitrogen and oxygen atoms in total. The second-order valence-corrected chi connectivity index (χ2v) is 7.82. The summed E-state index contributed by atoms with van der Waals surface area (Å²) in [4.78, 5) is 33.8. The summed E-state index contributed by atoms with van der Waals surface area (Å²) in [5.74, 6) is 0.783. The summed E-state index contributed by atoms with van der Waals surface area (Å²) in [6.45, 7) is 4.44. The number of nitrogens with zero attached hydrogens (tertiary/aromatic N) is 4. The van der Waals surface area contributed by atoms with E-state index in [2.05, 4.69) is 15.1 Å². The maximum atomic E-state index is 12.5. The molecule has 3 heterocycles. The molecule has 0 aliphatic carbocycles. The van der Waals surface area contributed by atoms with E-state index in [4.69, 9.17) is 4.52 Å². The summed E-state index contributed by atoms with van der Waals surface area (Å²) in [5.41, 5.74) is 3.04. The third-order valence-electron chi connectivity index (χ3n) is 5.47. The lowest BCUT2D eigenvalue weighted by Crippen LogP contribution is -2.24. The molecule has 2 aromatic carbocycles. The molecule has 30 heavy (non-hydrogen) atoms. The minimum Gasteiger partial charge on any atom is -0.339 e. The number of hydrogen-bond donors (Lipinski definition) is 1. The number of aromatic nitrogens is 4. The lowest BCUT2D eigenvalue weighted by molar-refractivity contribution is -0.117. The van der Waals surface area contributed by atoms with Crippen molar-refractivity contribution in [3.05, 3.63) is 64.9 Å². The van der Waals surface area contributed by atoms with Crippen molar-refractivity contribution >= 4 is 22.6 Å². The number of benzene rings is 2. The van der Waals surface area contributed by atoms with Gasteiger partial charge in [-0.15, -0.1) is 0 Å². The maximum absolute atomic E-state index is 12.5. The van der Waals surface area contributed by atoms with E-state index in [0.717, 1.165) is 22.3 Å². The molecule has 1 atom stereocenters. The summed E-state index contributed by atoms with van der Waals surface area (Å²) in [7, 11) is 0. The van der Waals surface area contributed by atoms with E-state index in [1.54, 1.807) is 9.47 Å². The normalized spacial score (nSPS) is 16.8. The van der Waals surface area contributed by atoms with Crippen LogP contribution in [0.15, 0.2) is 57.8 Å². The number of carbonyl (C=O) groups is 1. The quantitative estimate of drug-likeness (QED) is 0.563. The Morgan fingerprint density at radius 1 is 1.13 bits per heavy atom. The van der Waals surface area contributed by atoms with E-state index in [1.807, 2.05) is 62.4 Å². The minimum atomic E-state index is -0.149. The van der Waals surface area contributed by atoms with Gasteiger partial charge in [0.15, 0.2) is 0 Å². The molecule has 4 aromatic rings. The van der Waals surface area contributed by atoms with Crippen molar-refractivity contribution < 1.29 is 9.32 Å². The van der Waals surface area contributed by atoms with Gasteiger partial charge < -0.3 is 14.4 Å². The van der Waals surface area contributed by atoms with Crippen LogP contribution < -0.4 is 10.6 Å². The molecule has 1 N–H and O–H groups in total. The van der Waals surface area contributed by atoms with Crippen LogP contribution in [0, 0.1) is 0 Å². The van der Waals surface area contributed by atoms with Crippen molar-refractivity contribution in [2.45, 2.75) is 32.2 Å². The Labute approximate surface area is 172 Å². The highest BCUT2D eigenvalue weighted by Gasteiger charge is 2.35. The van der Waals surface area contributed by atoms with Gasteiger partial charge in [0.05, 0.1) is 17.0 Å². The predicted molar refractivity (Wildman–Crippen MR) is 112 cm³/mol. The molecule has 0 radical (unpaired) electrons. The summed E-state index contributed by atoms with van der Waals surface area (Å²) >= 11 is 0. The van der Waals surface area contributed by atoms with Crippen LogP contribution in [-0.2, 0) is 4.79 Å². The molecule has 1 fully saturated rings. The lowest BCUT2D eigenvalue weighted by Gasteiger charge is -2.15. The van der Waals surface area contributed by atoms with E-state index < -0.39 is 0 Å². The first-order valence-corrected chi connectivity index (χ1v) is 9.95. The van der Waals surface area contributed by atoms with Gasteiger partial charge in [0.1, 0.15) is 0 Å². The summed E-state index contributed by atoms with van der Waals surface area (Å²) in [6.07, 6.45) is 0.333. The first-order chi connectivity index (χ1) is 14.5. The molecule has 8 heteroatoms. The summed E-state index contributed by atoms with van der Waals surface area (Å²) in [6, 6.07) is 15.2. The molecule has 2 aromatic heterocycles. The van der Waals surface area contributed by atoms with Crippen LogP contribution in [0.5, 0.6) is 0 Å². The van der Waals surface area contributed by atoms with Gasteiger partial charge in [0.2, 0.25) is 17.6 Å². The number of anilines is 1. The van der Waals surface area contributed by atoms with Crippen molar-refractivity contribution in [1.82, 2.24) is 19.7 Å². The topological polar surface area (TPSA) is 97.0 Å². The molecule has 0 bridgehead atoms. The van der Waals surface area contributed by atoms with Crippen LogP contribution in [0.25, 0.3) is 22.4 Å². The molecular formula is C22H21N5O3. The number of imidazole rings is 1. The van der Waals surface area contributed by atoms with Gasteiger partial charge in [-0.1, -0.05) is 23.4 Å². The van der Waals surface area contributed by atoms with Crippen LogP contribution in [0.2, 0.25) is 0 Å². The zero-order valence-corrected chi connectivity index (χ0v) is 16.7. The number of amides is 1. The molecule has 1 amide bonds. The number of nitrogens with one attached hydrogen (secondary N) is 1. The fourth-order valence-corrected chi connectivity index (χ4v) is 4.03. The SMILES string of the molecule is CC(C)n1c(=O)[nH]c2cc(-c3noc([C@@H]4CC(=O)N(c5ccccc5)C4)n3)ccc21. The Hall–Kier alpha value is -3.68. The number of aromatic amines is 1. The third-order valence-corrected chi connectivity index (χ3v) is 5.47. The van der Waals surface area contributed by atoms with Crippen molar-refractivity contribution in [2.75, 3.05) is 11.4 Å². The largest absolute Gasteiger partial charge is 0.339 e. The Morgan fingerprint density at radius 2 is 1.93 bits per heavy atom. The fourth-order valence-electron chi connectivity index (χ4n) is 4.03. The zero-order chi connectivity index (χ0) is 20.8. The van der Waals surface area contributed by atoms with E-state index in [1.165, 1.54) is 0 Å². The Morgan fingerprint density at radius 3 is 2.70 bits per heavy atom. The average Bonchev–Trinajstić information content (AvgIpc) is 3.43. The van der Waals surface area contributed by atoms with Gasteiger partial charge in [0.25, 0.3) is 0 Å². The van der Waals surface area contributed by atoms with Gasteiger partial charge in [-0.2, -0.15) is 4.98 Å². The highest BCUT2D eigenvalue weighted by atomic mass is 16.5. The molecule has 1 saturated heterocycles. The molecule has 1 aliphatic heterocycles. The van der Waals surface area contributed by atoms with Crippen molar-refractivity contribution in [3.63, 3.8) is 0 Å². The number of para-hydroxylation sites is 1. The number of carbonyl (C=O) groups excluding carboxylic acids is 1. The Balaban J connectivity index is 1.42. The number of hydrogen-bond acceptors (Lipinski definition) is 5. The van der Waals surface area contributed by atoms with Crippen molar-refractivity contribution in [3.8, 4) is 11.4 Å². The number of fused-ring (bicyclic) bond motifs is 1. The molecule has 152 valence electrons. The van der Waals surface area contributed by atoms with Crippen LogP contribution >= 0.6 is 0 Å². The van der Waals surface area contributed by atoms with Gasteiger partial charge in [0, 0.05) is 30.3 Å². The van der Waals surface area contributed by atoms with Gasteiger partial charge in [-0.25, -0.2) is 4.79 Å². The highest BCUT2D eigenvalue weighted by Crippen LogP contribution is 2.32. The van der Waals surface area contributed by atoms with Crippen molar-refractivity contribution in [1.29, 1.82) is 0 Å². The molecule has 0 saturated carbocycles. The lowest BCUT2D eigenvalue weighted by atomic mass is 10.1. The molecular weight excluding hydrogens is 382 g/mol. The van der Waals surface area contributed by atoms with Gasteiger partial charge >= 0.3 is 5.69 Å².